The van der Waals surface area contributed by atoms with E-state index in [1.165, 1.54) is 0 Å². The van der Waals surface area contributed by atoms with Crippen molar-refractivity contribution in [2.24, 2.45) is 5.73 Å². The van der Waals surface area contributed by atoms with Gasteiger partial charge in [0.15, 0.2) is 0 Å². The third kappa shape index (κ3) is 2.50. The second-order valence-corrected chi connectivity index (χ2v) is 5.67. The van der Waals surface area contributed by atoms with Crippen LogP contribution in [0.2, 0.25) is 0 Å². The molecule has 0 saturated carbocycles. The van der Waals surface area contributed by atoms with Crippen molar-refractivity contribution >= 4 is 0 Å². The number of aryl methyl sites for hydroxylation is 2. The summed E-state index contributed by atoms with van der Waals surface area (Å²) < 4.78 is 2.01. The Morgan fingerprint density at radius 3 is 2.60 bits per heavy atom. The first kappa shape index (κ1) is 14.8. The van der Waals surface area contributed by atoms with Crippen LogP contribution < -0.4 is 5.73 Å². The van der Waals surface area contributed by atoms with E-state index < -0.39 is 5.54 Å². The standard InChI is InChI=1S/C15H25N5/c1-6-8-15(5,16)14-17-9-12(18-14)13-10(3)19-20(7-2)11(13)4/h9H,6-8,16H2,1-5H3,(H,17,18). The van der Waals surface area contributed by atoms with Gasteiger partial charge in [-0.25, -0.2) is 4.98 Å². The Hall–Kier alpha value is -1.62. The van der Waals surface area contributed by atoms with Gasteiger partial charge in [-0.1, -0.05) is 13.3 Å². The Labute approximate surface area is 120 Å². The maximum Gasteiger partial charge on any atom is 0.126 e. The second kappa shape index (κ2) is 5.40. The maximum atomic E-state index is 6.33. The molecule has 0 bridgehead atoms. The number of nitrogens with one attached hydrogen (secondary N) is 1. The highest BCUT2D eigenvalue weighted by Gasteiger charge is 2.25. The highest BCUT2D eigenvalue weighted by atomic mass is 15.3. The van der Waals surface area contributed by atoms with Crippen molar-refractivity contribution in [3.63, 3.8) is 0 Å². The molecule has 1 unspecified atom stereocenters. The lowest BCUT2D eigenvalue weighted by Crippen LogP contribution is -2.34. The van der Waals surface area contributed by atoms with Gasteiger partial charge in [0.25, 0.3) is 0 Å². The molecule has 0 fully saturated rings. The zero-order valence-electron chi connectivity index (χ0n) is 13.1. The van der Waals surface area contributed by atoms with Crippen LogP contribution in [0.25, 0.3) is 11.3 Å². The van der Waals surface area contributed by atoms with Crippen molar-refractivity contribution < 1.29 is 0 Å². The van der Waals surface area contributed by atoms with Crippen LogP contribution in [0.15, 0.2) is 6.20 Å². The molecule has 20 heavy (non-hydrogen) atoms. The van der Waals surface area contributed by atoms with E-state index in [1.807, 2.05) is 24.7 Å². The largest absolute Gasteiger partial charge is 0.340 e. The van der Waals surface area contributed by atoms with Crippen LogP contribution >= 0.6 is 0 Å². The van der Waals surface area contributed by atoms with Crippen LogP contribution in [0.3, 0.4) is 0 Å². The van der Waals surface area contributed by atoms with Gasteiger partial charge in [0.05, 0.1) is 23.1 Å². The summed E-state index contributed by atoms with van der Waals surface area (Å²) in [5, 5.41) is 4.55. The summed E-state index contributed by atoms with van der Waals surface area (Å²) in [6.45, 7) is 11.2. The third-order valence-corrected chi connectivity index (χ3v) is 3.84. The summed E-state index contributed by atoms with van der Waals surface area (Å²) in [7, 11) is 0. The number of H-pyrrole nitrogens is 1. The molecule has 5 nitrogen and oxygen atoms in total. The molecule has 0 radical (unpaired) electrons. The minimum atomic E-state index is -0.407. The summed E-state index contributed by atoms with van der Waals surface area (Å²) >= 11 is 0. The number of nitrogens with two attached hydrogens (primary N) is 1. The Morgan fingerprint density at radius 2 is 2.05 bits per heavy atom. The first-order valence-corrected chi connectivity index (χ1v) is 7.29. The minimum absolute atomic E-state index is 0.407. The van der Waals surface area contributed by atoms with Crippen molar-refractivity contribution in [2.45, 2.75) is 59.5 Å². The molecule has 3 N–H and O–H groups in total. The lowest BCUT2D eigenvalue weighted by molar-refractivity contribution is 0.423. The predicted molar refractivity (Wildman–Crippen MR) is 81.4 cm³/mol. The molecule has 1 atom stereocenters. The number of imidazole rings is 1. The van der Waals surface area contributed by atoms with Crippen molar-refractivity contribution in [3.05, 3.63) is 23.4 Å². The first-order chi connectivity index (χ1) is 9.40. The molecule has 0 aliphatic carbocycles. The minimum Gasteiger partial charge on any atom is -0.340 e. The number of aromatic nitrogens is 4. The molecule has 0 aromatic carbocycles. The van der Waals surface area contributed by atoms with E-state index in [0.29, 0.717) is 0 Å². The van der Waals surface area contributed by atoms with Crippen LogP contribution in [0.4, 0.5) is 0 Å². The molecular weight excluding hydrogens is 250 g/mol. The van der Waals surface area contributed by atoms with Gasteiger partial charge >= 0.3 is 0 Å². The topological polar surface area (TPSA) is 72.5 Å². The van der Waals surface area contributed by atoms with Gasteiger partial charge in [-0.15, -0.1) is 0 Å². The third-order valence-electron chi connectivity index (χ3n) is 3.84. The molecule has 2 aromatic rings. The van der Waals surface area contributed by atoms with Crippen LogP contribution in [0.5, 0.6) is 0 Å². The highest BCUT2D eigenvalue weighted by molar-refractivity contribution is 5.64. The number of hydrogen-bond donors (Lipinski definition) is 2. The molecule has 5 heteroatoms. The smallest absolute Gasteiger partial charge is 0.126 e. The van der Waals surface area contributed by atoms with Crippen LogP contribution in [0.1, 0.15) is 50.8 Å². The maximum absolute atomic E-state index is 6.33. The molecule has 0 saturated heterocycles. The lowest BCUT2D eigenvalue weighted by Gasteiger charge is -2.21. The molecule has 0 aliphatic heterocycles. The van der Waals surface area contributed by atoms with Gasteiger partial charge in [-0.05, 0) is 34.1 Å². The normalized spacial score (nSPS) is 14.5. The van der Waals surface area contributed by atoms with Gasteiger partial charge in [0.2, 0.25) is 0 Å². The first-order valence-electron chi connectivity index (χ1n) is 7.29. The lowest BCUT2D eigenvalue weighted by atomic mass is 9.97. The summed E-state index contributed by atoms with van der Waals surface area (Å²) in [6, 6.07) is 0. The van der Waals surface area contributed by atoms with E-state index in [2.05, 4.69) is 35.8 Å². The molecule has 0 aliphatic rings. The second-order valence-electron chi connectivity index (χ2n) is 5.67. The quantitative estimate of drug-likeness (QED) is 0.881. The Balaban J connectivity index is 2.41. The summed E-state index contributed by atoms with van der Waals surface area (Å²) in [6.07, 6.45) is 3.81. The highest BCUT2D eigenvalue weighted by Crippen LogP contribution is 2.28. The van der Waals surface area contributed by atoms with E-state index in [-0.39, 0.29) is 0 Å². The number of rotatable bonds is 5. The Morgan fingerprint density at radius 1 is 1.35 bits per heavy atom. The van der Waals surface area contributed by atoms with Gasteiger partial charge in [-0.3, -0.25) is 4.68 Å². The van der Waals surface area contributed by atoms with E-state index in [9.17, 15) is 0 Å². The number of aromatic amines is 1. The monoisotopic (exact) mass is 275 g/mol. The van der Waals surface area contributed by atoms with Gasteiger partial charge in [0.1, 0.15) is 5.82 Å². The van der Waals surface area contributed by atoms with E-state index in [0.717, 1.165) is 47.9 Å². The zero-order chi connectivity index (χ0) is 14.9. The summed E-state index contributed by atoms with van der Waals surface area (Å²) in [5.41, 5.74) is 10.2. The van der Waals surface area contributed by atoms with Gasteiger partial charge in [-0.2, -0.15) is 5.10 Å². The van der Waals surface area contributed by atoms with Crippen molar-refractivity contribution in [3.8, 4) is 11.3 Å². The van der Waals surface area contributed by atoms with Crippen LogP contribution in [0, 0.1) is 13.8 Å². The van der Waals surface area contributed by atoms with Gasteiger partial charge in [0, 0.05) is 17.8 Å². The molecule has 0 amide bonds. The van der Waals surface area contributed by atoms with E-state index in [1.54, 1.807) is 0 Å². The average Bonchev–Trinajstić information content (AvgIpc) is 2.94. The zero-order valence-corrected chi connectivity index (χ0v) is 13.1. The number of nitrogens with zero attached hydrogens (tertiary/aromatic N) is 3. The SMILES string of the molecule is CCCC(C)(N)c1ncc(-c2c(C)nn(CC)c2C)[nH]1. The van der Waals surface area contributed by atoms with Crippen molar-refractivity contribution in [1.29, 1.82) is 0 Å². The predicted octanol–water partition coefficient (Wildman–Crippen LogP) is 2.88. The molecular formula is C15H25N5. The van der Waals surface area contributed by atoms with E-state index >= 15 is 0 Å². The Kier molecular flexibility index (Phi) is 3.99. The van der Waals surface area contributed by atoms with Crippen molar-refractivity contribution in [1.82, 2.24) is 19.7 Å². The Bertz CT molecular complexity index is 591. The van der Waals surface area contributed by atoms with Crippen molar-refractivity contribution in [2.75, 3.05) is 0 Å². The van der Waals surface area contributed by atoms with Crippen LogP contribution in [-0.4, -0.2) is 19.7 Å². The van der Waals surface area contributed by atoms with E-state index in [4.69, 9.17) is 5.73 Å². The molecule has 2 heterocycles. The van der Waals surface area contributed by atoms with Gasteiger partial charge < -0.3 is 10.7 Å². The molecule has 0 spiro atoms. The average molecular weight is 275 g/mol. The molecule has 2 rings (SSSR count). The molecule has 110 valence electrons. The molecule has 2 aromatic heterocycles. The number of hydrogen-bond acceptors (Lipinski definition) is 3. The fourth-order valence-electron chi connectivity index (χ4n) is 2.77. The van der Waals surface area contributed by atoms with Crippen LogP contribution in [-0.2, 0) is 12.1 Å². The fourth-order valence-corrected chi connectivity index (χ4v) is 2.77. The summed E-state index contributed by atoms with van der Waals surface area (Å²) in [4.78, 5) is 7.87. The fraction of sp³-hybridized carbons (Fsp3) is 0.600. The summed E-state index contributed by atoms with van der Waals surface area (Å²) in [5.74, 6) is 0.845.